The molecule has 6 nitrogen and oxygen atoms in total. The summed E-state index contributed by atoms with van der Waals surface area (Å²) in [6.07, 6.45) is 6.58. The molecule has 156 valence electrons. The number of benzene rings is 1. The number of likely N-dealkylation sites (tertiary alicyclic amines) is 1. The van der Waals surface area contributed by atoms with Crippen LogP contribution in [0.1, 0.15) is 38.2 Å². The Morgan fingerprint density at radius 1 is 1.18 bits per heavy atom. The Morgan fingerprint density at radius 3 is 2.61 bits per heavy atom. The van der Waals surface area contributed by atoms with E-state index in [1.54, 1.807) is 32.4 Å². The fourth-order valence-corrected chi connectivity index (χ4v) is 3.25. The van der Waals surface area contributed by atoms with Gasteiger partial charge in [-0.05, 0) is 50.1 Å². The maximum Gasteiger partial charge on any atom is 0.323 e. The van der Waals surface area contributed by atoms with Crippen LogP contribution in [0.4, 0.5) is 0 Å². The number of halogens is 1. The van der Waals surface area contributed by atoms with Crippen molar-refractivity contribution in [1.82, 2.24) is 4.90 Å². The van der Waals surface area contributed by atoms with Crippen LogP contribution in [0, 0.1) is 0 Å². The van der Waals surface area contributed by atoms with E-state index in [9.17, 15) is 9.59 Å². The highest BCUT2D eigenvalue weighted by atomic mass is 35.5. The SMILES string of the molecule is CCOC(=O)C1CCCCN1CCC(=O)C=Cc1ccc(OC)c(OC)c1.Cl. The van der Waals surface area contributed by atoms with E-state index in [0.29, 0.717) is 31.1 Å². The molecule has 0 saturated carbocycles. The number of nitrogens with zero attached hydrogens (tertiary/aromatic N) is 1. The van der Waals surface area contributed by atoms with E-state index in [2.05, 4.69) is 4.90 Å². The average Bonchev–Trinajstić information content (AvgIpc) is 2.70. The lowest BCUT2D eigenvalue weighted by atomic mass is 10.0. The van der Waals surface area contributed by atoms with Gasteiger partial charge in [0.25, 0.3) is 0 Å². The molecule has 1 saturated heterocycles. The molecule has 1 aliphatic heterocycles. The fraction of sp³-hybridized carbons (Fsp3) is 0.524. The lowest BCUT2D eigenvalue weighted by Crippen LogP contribution is -2.46. The molecule has 1 aromatic rings. The van der Waals surface area contributed by atoms with E-state index in [-0.39, 0.29) is 30.2 Å². The first-order chi connectivity index (χ1) is 13.1. The third-order valence-corrected chi connectivity index (χ3v) is 4.69. The minimum Gasteiger partial charge on any atom is -0.493 e. The summed E-state index contributed by atoms with van der Waals surface area (Å²) in [5, 5.41) is 0. The number of ketones is 1. The number of allylic oxidation sites excluding steroid dienone is 1. The highest BCUT2D eigenvalue weighted by molar-refractivity contribution is 5.93. The molecule has 1 unspecified atom stereocenters. The number of carbonyl (C=O) groups is 2. The van der Waals surface area contributed by atoms with Crippen molar-refractivity contribution in [1.29, 1.82) is 0 Å². The van der Waals surface area contributed by atoms with Crippen LogP contribution in [0.2, 0.25) is 0 Å². The number of methoxy groups -OCH3 is 2. The van der Waals surface area contributed by atoms with Gasteiger partial charge in [0.1, 0.15) is 6.04 Å². The van der Waals surface area contributed by atoms with Gasteiger partial charge in [-0.1, -0.05) is 18.6 Å². The van der Waals surface area contributed by atoms with Crippen LogP contribution in [0.15, 0.2) is 24.3 Å². The third-order valence-electron chi connectivity index (χ3n) is 4.69. The zero-order valence-electron chi connectivity index (χ0n) is 16.8. The lowest BCUT2D eigenvalue weighted by Gasteiger charge is -2.33. The third kappa shape index (κ3) is 6.84. The van der Waals surface area contributed by atoms with Crippen molar-refractivity contribution in [3.63, 3.8) is 0 Å². The van der Waals surface area contributed by atoms with E-state index < -0.39 is 0 Å². The Labute approximate surface area is 173 Å². The molecule has 1 heterocycles. The Bertz CT molecular complexity index is 677. The van der Waals surface area contributed by atoms with Crippen molar-refractivity contribution < 1.29 is 23.8 Å². The van der Waals surface area contributed by atoms with Crippen molar-refractivity contribution in [2.45, 2.75) is 38.6 Å². The van der Waals surface area contributed by atoms with Crippen LogP contribution in [-0.4, -0.2) is 56.6 Å². The molecule has 0 aromatic heterocycles. The van der Waals surface area contributed by atoms with Gasteiger partial charge in [0, 0.05) is 13.0 Å². The molecule has 28 heavy (non-hydrogen) atoms. The van der Waals surface area contributed by atoms with E-state index in [1.807, 2.05) is 19.1 Å². The molecule has 2 rings (SSSR count). The van der Waals surface area contributed by atoms with Gasteiger partial charge in [-0.2, -0.15) is 0 Å². The molecule has 0 spiro atoms. The number of piperidine rings is 1. The van der Waals surface area contributed by atoms with Crippen molar-refractivity contribution in [3.05, 3.63) is 29.8 Å². The van der Waals surface area contributed by atoms with Gasteiger partial charge in [0.05, 0.1) is 20.8 Å². The highest BCUT2D eigenvalue weighted by Crippen LogP contribution is 2.28. The minimum absolute atomic E-state index is 0. The molecule has 0 bridgehead atoms. The van der Waals surface area contributed by atoms with Gasteiger partial charge in [-0.3, -0.25) is 14.5 Å². The van der Waals surface area contributed by atoms with Gasteiger partial charge < -0.3 is 14.2 Å². The molecule has 0 amide bonds. The summed E-state index contributed by atoms with van der Waals surface area (Å²) in [4.78, 5) is 26.4. The number of ether oxygens (including phenoxy) is 3. The quantitative estimate of drug-likeness (QED) is 0.457. The molecule has 1 fully saturated rings. The molecular weight excluding hydrogens is 382 g/mol. The minimum atomic E-state index is -0.221. The Balaban J connectivity index is 0.00000392. The predicted molar refractivity (Wildman–Crippen MR) is 111 cm³/mol. The largest absolute Gasteiger partial charge is 0.493 e. The summed E-state index contributed by atoms with van der Waals surface area (Å²) in [5.41, 5.74) is 0.864. The van der Waals surface area contributed by atoms with E-state index in [1.165, 1.54) is 0 Å². The lowest BCUT2D eigenvalue weighted by molar-refractivity contribution is -0.151. The molecule has 7 heteroatoms. The first-order valence-corrected chi connectivity index (χ1v) is 9.42. The smallest absolute Gasteiger partial charge is 0.323 e. The molecule has 1 aliphatic rings. The summed E-state index contributed by atoms with van der Waals surface area (Å²) in [5.74, 6) is 1.12. The first-order valence-electron chi connectivity index (χ1n) is 9.42. The number of hydrogen-bond acceptors (Lipinski definition) is 6. The Hall–Kier alpha value is -2.05. The topological polar surface area (TPSA) is 65.1 Å². The van der Waals surface area contributed by atoms with Crippen LogP contribution < -0.4 is 9.47 Å². The van der Waals surface area contributed by atoms with Gasteiger partial charge in [-0.15, -0.1) is 12.4 Å². The molecule has 1 aromatic carbocycles. The second-order valence-electron chi connectivity index (χ2n) is 6.46. The average molecular weight is 412 g/mol. The van der Waals surface area contributed by atoms with Crippen molar-refractivity contribution in [2.24, 2.45) is 0 Å². The standard InChI is InChI=1S/C21H29NO5.ClH/c1-4-27-21(24)18-7-5-6-13-22(18)14-12-17(23)10-8-16-9-11-19(25-2)20(15-16)26-3;/h8-11,15,18H,4-7,12-14H2,1-3H3;1H. The van der Waals surface area contributed by atoms with Gasteiger partial charge in [-0.25, -0.2) is 0 Å². The summed E-state index contributed by atoms with van der Waals surface area (Å²) >= 11 is 0. The van der Waals surface area contributed by atoms with Crippen LogP contribution >= 0.6 is 12.4 Å². The summed E-state index contributed by atoms with van der Waals surface area (Å²) in [7, 11) is 3.16. The van der Waals surface area contributed by atoms with Crippen molar-refractivity contribution in [2.75, 3.05) is 33.9 Å². The summed E-state index contributed by atoms with van der Waals surface area (Å²) in [6.45, 7) is 3.60. The molecule has 0 N–H and O–H groups in total. The summed E-state index contributed by atoms with van der Waals surface area (Å²) in [6, 6.07) is 5.28. The van der Waals surface area contributed by atoms with Crippen LogP contribution in [0.5, 0.6) is 11.5 Å². The zero-order chi connectivity index (χ0) is 19.6. The molecule has 0 radical (unpaired) electrons. The highest BCUT2D eigenvalue weighted by Gasteiger charge is 2.29. The monoisotopic (exact) mass is 411 g/mol. The molecular formula is C21H30ClNO5. The van der Waals surface area contributed by atoms with Gasteiger partial charge in [0.2, 0.25) is 0 Å². The van der Waals surface area contributed by atoms with Crippen LogP contribution in [-0.2, 0) is 14.3 Å². The van der Waals surface area contributed by atoms with Crippen molar-refractivity contribution >= 4 is 30.2 Å². The van der Waals surface area contributed by atoms with Gasteiger partial charge >= 0.3 is 5.97 Å². The molecule has 1 atom stereocenters. The van der Waals surface area contributed by atoms with E-state index in [0.717, 1.165) is 31.4 Å². The van der Waals surface area contributed by atoms with Crippen molar-refractivity contribution in [3.8, 4) is 11.5 Å². The fourth-order valence-electron chi connectivity index (χ4n) is 3.25. The Morgan fingerprint density at radius 2 is 1.93 bits per heavy atom. The molecule has 0 aliphatic carbocycles. The van der Waals surface area contributed by atoms with Gasteiger partial charge in [0.15, 0.2) is 17.3 Å². The van der Waals surface area contributed by atoms with Crippen LogP contribution in [0.25, 0.3) is 6.08 Å². The second-order valence-corrected chi connectivity index (χ2v) is 6.46. The maximum absolute atomic E-state index is 12.3. The second kappa shape index (κ2) is 12.4. The first kappa shape index (κ1) is 24.0. The number of carbonyl (C=O) groups excluding carboxylic acids is 2. The maximum atomic E-state index is 12.3. The normalized spacial score (nSPS) is 17.0. The van der Waals surface area contributed by atoms with E-state index in [4.69, 9.17) is 14.2 Å². The van der Waals surface area contributed by atoms with E-state index >= 15 is 0 Å². The van der Waals surface area contributed by atoms with Crippen LogP contribution in [0.3, 0.4) is 0 Å². The Kier molecular flexibility index (Phi) is 10.6. The zero-order valence-corrected chi connectivity index (χ0v) is 17.6. The number of hydrogen-bond donors (Lipinski definition) is 0. The number of rotatable bonds is 9. The number of esters is 1. The summed E-state index contributed by atoms with van der Waals surface area (Å²) < 4.78 is 15.6. The predicted octanol–water partition coefficient (Wildman–Crippen LogP) is 3.52.